The summed E-state index contributed by atoms with van der Waals surface area (Å²) in [6, 6.07) is 29.7. The zero-order valence-corrected chi connectivity index (χ0v) is 29.6. The molecule has 0 bridgehead atoms. The van der Waals surface area contributed by atoms with Crippen LogP contribution in [-0.2, 0) is 32.6 Å². The first-order valence-electron chi connectivity index (χ1n) is 15.3. The lowest BCUT2D eigenvalue weighted by molar-refractivity contribution is -0.140. The molecule has 1 N–H and O–H groups in total. The standard InChI is InChI=1S/C36H37Br2N3O4S/c1-26-14-20-33(21-15-26)46(44,45)41(32-18-16-29(37)17-19-32)25-35(42)40(24-28-10-7-11-30(38)22-28)34(23-27-8-3-2-4-9-27)36(43)39-31-12-5-6-13-31/h2-4,7-11,14-22,31,34H,5-6,12-13,23-25H2,1H3,(H,39,43)/t34-/m0/s1. The predicted octanol–water partition coefficient (Wildman–Crippen LogP) is 7.41. The summed E-state index contributed by atoms with van der Waals surface area (Å²) in [5.41, 5.74) is 2.97. The van der Waals surface area contributed by atoms with Gasteiger partial charge >= 0.3 is 0 Å². The molecule has 0 unspecified atom stereocenters. The third-order valence-corrected chi connectivity index (χ3v) is 11.0. The van der Waals surface area contributed by atoms with Crippen LogP contribution >= 0.6 is 31.9 Å². The third-order valence-electron chi connectivity index (χ3n) is 8.22. The Balaban J connectivity index is 1.56. The molecule has 5 rings (SSSR count). The number of halogens is 2. The fraction of sp³-hybridized carbons (Fsp3) is 0.278. The van der Waals surface area contributed by atoms with Gasteiger partial charge in [0.2, 0.25) is 11.8 Å². The smallest absolute Gasteiger partial charge is 0.264 e. The van der Waals surface area contributed by atoms with Gasteiger partial charge in [-0.3, -0.25) is 13.9 Å². The molecule has 4 aromatic rings. The second kappa shape index (κ2) is 15.4. The third kappa shape index (κ3) is 8.66. The molecule has 1 aliphatic carbocycles. The number of sulfonamides is 1. The second-order valence-electron chi connectivity index (χ2n) is 11.6. The van der Waals surface area contributed by atoms with Gasteiger partial charge in [-0.05, 0) is 79.4 Å². The quantitative estimate of drug-likeness (QED) is 0.163. The summed E-state index contributed by atoms with van der Waals surface area (Å²) in [5, 5.41) is 3.21. The zero-order valence-electron chi connectivity index (χ0n) is 25.6. The van der Waals surface area contributed by atoms with Crippen LogP contribution in [0.1, 0.15) is 42.4 Å². The molecule has 1 fully saturated rings. The van der Waals surface area contributed by atoms with E-state index in [0.29, 0.717) is 5.69 Å². The maximum Gasteiger partial charge on any atom is 0.264 e. The molecule has 0 heterocycles. The predicted molar refractivity (Wildman–Crippen MR) is 189 cm³/mol. The Morgan fingerprint density at radius 3 is 2.13 bits per heavy atom. The van der Waals surface area contributed by atoms with Crippen molar-refractivity contribution < 1.29 is 18.0 Å². The van der Waals surface area contributed by atoms with E-state index >= 15 is 0 Å². The highest BCUT2D eigenvalue weighted by molar-refractivity contribution is 9.10. The van der Waals surface area contributed by atoms with Crippen molar-refractivity contribution in [3.63, 3.8) is 0 Å². The normalized spacial score (nSPS) is 14.1. The van der Waals surface area contributed by atoms with Gasteiger partial charge in [-0.2, -0.15) is 0 Å². The maximum absolute atomic E-state index is 14.6. The van der Waals surface area contributed by atoms with Gasteiger partial charge in [-0.15, -0.1) is 0 Å². The van der Waals surface area contributed by atoms with E-state index < -0.39 is 28.5 Å². The summed E-state index contributed by atoms with van der Waals surface area (Å²) in [4.78, 5) is 30.3. The van der Waals surface area contributed by atoms with E-state index in [2.05, 4.69) is 37.2 Å². The van der Waals surface area contributed by atoms with Crippen molar-refractivity contribution in [3.05, 3.63) is 129 Å². The van der Waals surface area contributed by atoms with E-state index in [1.165, 1.54) is 4.90 Å². The number of carbonyl (C=O) groups excluding carboxylic acids is 2. The van der Waals surface area contributed by atoms with Crippen molar-refractivity contribution in [3.8, 4) is 0 Å². The number of rotatable bonds is 12. The Morgan fingerprint density at radius 2 is 1.48 bits per heavy atom. The van der Waals surface area contributed by atoms with E-state index in [4.69, 9.17) is 0 Å². The first kappa shape index (κ1) is 33.9. The van der Waals surface area contributed by atoms with Crippen LogP contribution in [-0.4, -0.2) is 43.8 Å². The van der Waals surface area contributed by atoms with Gasteiger partial charge in [0.25, 0.3) is 10.0 Å². The molecule has 0 radical (unpaired) electrons. The van der Waals surface area contributed by atoms with Crippen LogP contribution in [0.2, 0.25) is 0 Å². The molecule has 7 nitrogen and oxygen atoms in total. The molecule has 46 heavy (non-hydrogen) atoms. The van der Waals surface area contributed by atoms with E-state index in [9.17, 15) is 18.0 Å². The topological polar surface area (TPSA) is 86.8 Å². The number of nitrogens with zero attached hydrogens (tertiary/aromatic N) is 2. The lowest BCUT2D eigenvalue weighted by atomic mass is 10.0. The molecule has 0 spiro atoms. The summed E-state index contributed by atoms with van der Waals surface area (Å²) in [7, 11) is -4.15. The van der Waals surface area contributed by atoms with Crippen molar-refractivity contribution in [2.24, 2.45) is 0 Å². The van der Waals surface area contributed by atoms with Crippen LogP contribution in [0.4, 0.5) is 5.69 Å². The van der Waals surface area contributed by atoms with E-state index in [0.717, 1.165) is 55.6 Å². The Morgan fingerprint density at radius 1 is 0.826 bits per heavy atom. The Labute approximate surface area is 288 Å². The molecular formula is C36H37Br2N3O4S. The Hall–Kier alpha value is -3.47. The molecule has 1 aliphatic rings. The van der Waals surface area contributed by atoms with Gasteiger partial charge in [0, 0.05) is 28.0 Å². The Bertz CT molecular complexity index is 1740. The number of nitrogens with one attached hydrogen (secondary N) is 1. The van der Waals surface area contributed by atoms with Gasteiger partial charge in [-0.25, -0.2) is 8.42 Å². The minimum Gasteiger partial charge on any atom is -0.352 e. The van der Waals surface area contributed by atoms with E-state index in [1.54, 1.807) is 48.5 Å². The molecule has 0 saturated heterocycles. The fourth-order valence-electron chi connectivity index (χ4n) is 5.73. The van der Waals surface area contributed by atoms with E-state index in [1.807, 2.05) is 61.5 Å². The monoisotopic (exact) mass is 765 g/mol. The van der Waals surface area contributed by atoms with Crippen molar-refractivity contribution in [1.82, 2.24) is 10.2 Å². The van der Waals surface area contributed by atoms with Crippen LogP contribution in [0.3, 0.4) is 0 Å². The molecular weight excluding hydrogens is 730 g/mol. The van der Waals surface area contributed by atoms with Gasteiger partial charge in [0.15, 0.2) is 0 Å². The number of amides is 2. The molecule has 1 atom stereocenters. The summed E-state index contributed by atoms with van der Waals surface area (Å²) in [6.45, 7) is 1.51. The summed E-state index contributed by atoms with van der Waals surface area (Å²) >= 11 is 6.95. The van der Waals surface area contributed by atoms with Crippen molar-refractivity contribution in [1.29, 1.82) is 0 Å². The van der Waals surface area contributed by atoms with Gasteiger partial charge in [-0.1, -0.05) is 105 Å². The number of hydrogen-bond donors (Lipinski definition) is 1. The largest absolute Gasteiger partial charge is 0.352 e. The second-order valence-corrected chi connectivity index (χ2v) is 15.3. The van der Waals surface area contributed by atoms with Crippen LogP contribution in [0.15, 0.2) is 117 Å². The van der Waals surface area contributed by atoms with Crippen LogP contribution in [0, 0.1) is 6.92 Å². The highest BCUT2D eigenvalue weighted by Crippen LogP contribution is 2.27. The van der Waals surface area contributed by atoms with Gasteiger partial charge < -0.3 is 10.2 Å². The number of carbonyl (C=O) groups is 2. The van der Waals surface area contributed by atoms with Crippen LogP contribution < -0.4 is 9.62 Å². The van der Waals surface area contributed by atoms with Crippen molar-refractivity contribution >= 4 is 59.4 Å². The lowest BCUT2D eigenvalue weighted by Gasteiger charge is -2.34. The summed E-state index contributed by atoms with van der Waals surface area (Å²) in [5.74, 6) is -0.725. The van der Waals surface area contributed by atoms with Crippen molar-refractivity contribution in [2.45, 2.75) is 62.6 Å². The minimum atomic E-state index is -4.15. The molecule has 1 saturated carbocycles. The molecule has 0 aromatic heterocycles. The van der Waals surface area contributed by atoms with E-state index in [-0.39, 0.29) is 29.8 Å². The zero-order chi connectivity index (χ0) is 32.7. The molecule has 2 amide bonds. The highest BCUT2D eigenvalue weighted by Gasteiger charge is 2.35. The number of hydrogen-bond acceptors (Lipinski definition) is 4. The molecule has 10 heteroatoms. The van der Waals surface area contributed by atoms with Crippen LogP contribution in [0.5, 0.6) is 0 Å². The molecule has 240 valence electrons. The summed E-state index contributed by atoms with van der Waals surface area (Å²) in [6.07, 6.45) is 4.18. The number of aryl methyl sites for hydroxylation is 1. The minimum absolute atomic E-state index is 0.0507. The highest BCUT2D eigenvalue weighted by atomic mass is 79.9. The molecule has 4 aromatic carbocycles. The lowest BCUT2D eigenvalue weighted by Crippen LogP contribution is -2.54. The number of anilines is 1. The maximum atomic E-state index is 14.6. The van der Waals surface area contributed by atoms with Crippen LogP contribution in [0.25, 0.3) is 0 Å². The van der Waals surface area contributed by atoms with Crippen molar-refractivity contribution in [2.75, 3.05) is 10.8 Å². The SMILES string of the molecule is Cc1ccc(S(=O)(=O)N(CC(=O)N(Cc2cccc(Br)c2)[C@@H](Cc2ccccc2)C(=O)NC2CCCC2)c2ccc(Br)cc2)cc1. The average molecular weight is 768 g/mol. The number of benzene rings is 4. The molecule has 0 aliphatic heterocycles. The Kier molecular flexibility index (Phi) is 11.4. The summed E-state index contributed by atoms with van der Waals surface area (Å²) < 4.78 is 31.1. The van der Waals surface area contributed by atoms with Gasteiger partial charge in [0.05, 0.1) is 10.6 Å². The van der Waals surface area contributed by atoms with Gasteiger partial charge in [0.1, 0.15) is 12.6 Å². The first-order valence-corrected chi connectivity index (χ1v) is 18.4. The first-order chi connectivity index (χ1) is 22.1. The fourth-order valence-corrected chi connectivity index (χ4v) is 7.85. The average Bonchev–Trinajstić information content (AvgIpc) is 3.55.